The van der Waals surface area contributed by atoms with Crippen molar-refractivity contribution in [3.05, 3.63) is 58.4 Å². The average molecular weight is 394 g/mol. The maximum Gasteiger partial charge on any atom is 0.261 e. The number of nitrogens with one attached hydrogen (secondary N) is 1. The molecule has 2 aromatic heterocycles. The lowest BCUT2D eigenvalue weighted by molar-refractivity contribution is -0.121. The third kappa shape index (κ3) is 4.37. The summed E-state index contributed by atoms with van der Waals surface area (Å²) in [7, 11) is 0. The summed E-state index contributed by atoms with van der Waals surface area (Å²) in [5, 5.41) is 7.97. The first-order chi connectivity index (χ1) is 14.1. The van der Waals surface area contributed by atoms with Crippen LogP contribution in [0.25, 0.3) is 10.9 Å². The Balaban J connectivity index is 1.36. The van der Waals surface area contributed by atoms with Crippen molar-refractivity contribution in [2.24, 2.45) is 0 Å². The standard InChI is InChI=1S/C21H26N6O2/c1-2-3-8-25-9-10-27-17(13-25)11-16(24-27)12-22-20(28)14-26-15-23-19-7-5-4-6-18(19)21(26)29/h4-7,11,15H,2-3,8-10,12-14H2,1H3,(H,22,28). The maximum absolute atomic E-state index is 12.5. The van der Waals surface area contributed by atoms with Gasteiger partial charge in [0, 0.05) is 13.1 Å². The fourth-order valence-corrected chi connectivity index (χ4v) is 3.66. The minimum atomic E-state index is -0.236. The SMILES string of the molecule is CCCCN1CCn2nc(CNC(=O)Cn3cnc4ccccc4c3=O)cc2C1. The molecule has 0 spiro atoms. The van der Waals surface area contributed by atoms with Gasteiger partial charge in [0.25, 0.3) is 5.56 Å². The van der Waals surface area contributed by atoms with E-state index >= 15 is 0 Å². The molecule has 0 unspecified atom stereocenters. The molecule has 3 aromatic rings. The van der Waals surface area contributed by atoms with Crippen LogP contribution in [0.4, 0.5) is 0 Å². The van der Waals surface area contributed by atoms with Crippen LogP contribution in [-0.4, -0.2) is 43.2 Å². The number of benzene rings is 1. The largest absolute Gasteiger partial charge is 0.349 e. The topological polar surface area (TPSA) is 85.1 Å². The molecule has 1 N–H and O–H groups in total. The van der Waals surface area contributed by atoms with Crippen LogP contribution in [0.3, 0.4) is 0 Å². The molecular formula is C21H26N6O2. The average Bonchev–Trinajstić information content (AvgIpc) is 3.15. The Bertz CT molecular complexity index is 1070. The highest BCUT2D eigenvalue weighted by Crippen LogP contribution is 2.14. The van der Waals surface area contributed by atoms with E-state index in [2.05, 4.69) is 33.3 Å². The Labute approximate surface area is 169 Å². The number of rotatable bonds is 7. The number of para-hydroxylation sites is 1. The smallest absolute Gasteiger partial charge is 0.261 e. The van der Waals surface area contributed by atoms with Gasteiger partial charge in [0.15, 0.2) is 0 Å². The van der Waals surface area contributed by atoms with Crippen molar-refractivity contribution in [3.8, 4) is 0 Å². The maximum atomic E-state index is 12.5. The number of carbonyl (C=O) groups is 1. The van der Waals surface area contributed by atoms with Gasteiger partial charge in [-0.1, -0.05) is 25.5 Å². The highest BCUT2D eigenvalue weighted by Gasteiger charge is 2.18. The van der Waals surface area contributed by atoms with Crippen LogP contribution >= 0.6 is 0 Å². The number of nitrogens with zero attached hydrogens (tertiary/aromatic N) is 5. The molecule has 0 bridgehead atoms. The van der Waals surface area contributed by atoms with Crippen LogP contribution in [0.1, 0.15) is 31.2 Å². The molecule has 1 amide bonds. The van der Waals surface area contributed by atoms with Crippen LogP contribution in [0.15, 0.2) is 41.5 Å². The number of unbranched alkanes of at least 4 members (excludes halogenated alkanes) is 1. The lowest BCUT2D eigenvalue weighted by Crippen LogP contribution is -2.34. The zero-order valence-corrected chi connectivity index (χ0v) is 16.7. The van der Waals surface area contributed by atoms with Crippen molar-refractivity contribution in [1.29, 1.82) is 0 Å². The Morgan fingerprint density at radius 3 is 2.97 bits per heavy atom. The summed E-state index contributed by atoms with van der Waals surface area (Å²) in [5.41, 5.74) is 2.45. The summed E-state index contributed by atoms with van der Waals surface area (Å²) in [6.07, 6.45) is 3.83. The van der Waals surface area contributed by atoms with E-state index in [4.69, 9.17) is 0 Å². The number of fused-ring (bicyclic) bond motifs is 2. The highest BCUT2D eigenvalue weighted by atomic mass is 16.2. The molecule has 29 heavy (non-hydrogen) atoms. The number of aromatic nitrogens is 4. The quantitative estimate of drug-likeness (QED) is 0.657. The molecule has 0 fully saturated rings. The van der Waals surface area contributed by atoms with Crippen LogP contribution in [0.2, 0.25) is 0 Å². The number of hydrogen-bond acceptors (Lipinski definition) is 5. The van der Waals surface area contributed by atoms with Gasteiger partial charge in [-0.05, 0) is 31.2 Å². The van der Waals surface area contributed by atoms with E-state index in [-0.39, 0.29) is 18.0 Å². The minimum Gasteiger partial charge on any atom is -0.349 e. The first-order valence-corrected chi connectivity index (χ1v) is 10.1. The fourth-order valence-electron chi connectivity index (χ4n) is 3.66. The van der Waals surface area contributed by atoms with E-state index in [1.165, 1.54) is 29.4 Å². The van der Waals surface area contributed by atoms with Gasteiger partial charge in [-0.2, -0.15) is 5.10 Å². The van der Waals surface area contributed by atoms with Crippen molar-refractivity contribution in [3.63, 3.8) is 0 Å². The van der Waals surface area contributed by atoms with E-state index in [0.29, 0.717) is 17.4 Å². The molecule has 8 heteroatoms. The molecule has 0 aliphatic carbocycles. The van der Waals surface area contributed by atoms with Crippen molar-refractivity contribution < 1.29 is 4.79 Å². The fraction of sp³-hybridized carbons (Fsp3) is 0.429. The molecule has 0 saturated heterocycles. The summed E-state index contributed by atoms with van der Waals surface area (Å²) < 4.78 is 3.36. The third-order valence-electron chi connectivity index (χ3n) is 5.27. The summed E-state index contributed by atoms with van der Waals surface area (Å²) in [4.78, 5) is 31.5. The van der Waals surface area contributed by atoms with E-state index in [9.17, 15) is 9.59 Å². The molecular weight excluding hydrogens is 368 g/mol. The monoisotopic (exact) mass is 394 g/mol. The van der Waals surface area contributed by atoms with E-state index < -0.39 is 0 Å². The van der Waals surface area contributed by atoms with Crippen LogP contribution in [-0.2, 0) is 31.0 Å². The molecule has 1 aliphatic rings. The van der Waals surface area contributed by atoms with Crippen molar-refractivity contribution in [2.45, 2.75) is 45.9 Å². The predicted molar refractivity (Wildman–Crippen MR) is 110 cm³/mol. The second kappa shape index (κ2) is 8.57. The molecule has 4 rings (SSSR count). The molecule has 1 aliphatic heterocycles. The molecule has 0 radical (unpaired) electrons. The summed E-state index contributed by atoms with van der Waals surface area (Å²) in [5.74, 6) is -0.236. The van der Waals surface area contributed by atoms with Crippen LogP contribution in [0, 0.1) is 0 Å². The van der Waals surface area contributed by atoms with Gasteiger partial charge in [0.1, 0.15) is 6.54 Å². The lowest BCUT2D eigenvalue weighted by Gasteiger charge is -2.27. The Kier molecular flexibility index (Phi) is 5.71. The van der Waals surface area contributed by atoms with Gasteiger partial charge in [0.05, 0.1) is 41.7 Å². The Morgan fingerprint density at radius 2 is 2.10 bits per heavy atom. The van der Waals surface area contributed by atoms with Crippen molar-refractivity contribution >= 4 is 16.8 Å². The Morgan fingerprint density at radius 1 is 1.24 bits per heavy atom. The second-order valence-corrected chi connectivity index (χ2v) is 7.45. The van der Waals surface area contributed by atoms with E-state index in [1.54, 1.807) is 18.2 Å². The van der Waals surface area contributed by atoms with Gasteiger partial charge >= 0.3 is 0 Å². The van der Waals surface area contributed by atoms with E-state index in [1.807, 2.05) is 10.7 Å². The second-order valence-electron chi connectivity index (χ2n) is 7.45. The van der Waals surface area contributed by atoms with Gasteiger partial charge in [-0.15, -0.1) is 0 Å². The normalized spacial score (nSPS) is 14.1. The van der Waals surface area contributed by atoms with Crippen molar-refractivity contribution in [2.75, 3.05) is 13.1 Å². The van der Waals surface area contributed by atoms with Crippen LogP contribution < -0.4 is 10.9 Å². The van der Waals surface area contributed by atoms with Gasteiger partial charge in [-0.3, -0.25) is 23.7 Å². The van der Waals surface area contributed by atoms with Crippen LogP contribution in [0.5, 0.6) is 0 Å². The first-order valence-electron chi connectivity index (χ1n) is 10.1. The number of amides is 1. The zero-order valence-electron chi connectivity index (χ0n) is 16.7. The molecule has 1 aromatic carbocycles. The number of carbonyl (C=O) groups excluding carboxylic acids is 1. The first kappa shape index (κ1) is 19.3. The molecule has 0 atom stereocenters. The van der Waals surface area contributed by atoms with E-state index in [0.717, 1.165) is 31.9 Å². The predicted octanol–water partition coefficient (Wildman–Crippen LogP) is 1.53. The lowest BCUT2D eigenvalue weighted by atomic mass is 10.2. The zero-order chi connectivity index (χ0) is 20.2. The van der Waals surface area contributed by atoms with Gasteiger partial charge in [-0.25, -0.2) is 4.98 Å². The summed E-state index contributed by atoms with van der Waals surface area (Å²) in [6, 6.07) is 9.19. The molecule has 8 nitrogen and oxygen atoms in total. The van der Waals surface area contributed by atoms with Gasteiger partial charge in [0.2, 0.25) is 5.91 Å². The summed E-state index contributed by atoms with van der Waals surface area (Å²) in [6.45, 7) is 6.40. The molecule has 0 saturated carbocycles. The summed E-state index contributed by atoms with van der Waals surface area (Å²) >= 11 is 0. The highest BCUT2D eigenvalue weighted by molar-refractivity contribution is 5.78. The van der Waals surface area contributed by atoms with Crippen molar-refractivity contribution in [1.82, 2.24) is 29.5 Å². The minimum absolute atomic E-state index is 0.0605. The van der Waals surface area contributed by atoms with Gasteiger partial charge < -0.3 is 5.32 Å². The molecule has 3 heterocycles. The third-order valence-corrected chi connectivity index (χ3v) is 5.27. The molecule has 152 valence electrons. The number of hydrogen-bond donors (Lipinski definition) is 1. The Hall–Kier alpha value is -3.00.